The van der Waals surface area contributed by atoms with Crippen molar-refractivity contribution < 1.29 is 24.2 Å². The largest absolute Gasteiger partial charge is 0.466 e. The summed E-state index contributed by atoms with van der Waals surface area (Å²) in [7, 11) is 0. The summed E-state index contributed by atoms with van der Waals surface area (Å²) < 4.78 is 4.61. The highest BCUT2D eigenvalue weighted by Gasteiger charge is 2.77. The number of ether oxygens (including phenoxy) is 1. The summed E-state index contributed by atoms with van der Waals surface area (Å²) in [4.78, 5) is 44.7. The Bertz CT molecular complexity index is 1000. The highest BCUT2D eigenvalue weighted by molar-refractivity contribution is 8.02. The molecule has 3 saturated heterocycles. The predicted molar refractivity (Wildman–Crippen MR) is 137 cm³/mol. The van der Waals surface area contributed by atoms with Crippen molar-refractivity contribution in [2.75, 3.05) is 24.7 Å². The van der Waals surface area contributed by atoms with Gasteiger partial charge in [-0.05, 0) is 49.9 Å². The molecule has 2 amide bonds. The van der Waals surface area contributed by atoms with Crippen molar-refractivity contribution in [3.63, 3.8) is 0 Å². The van der Waals surface area contributed by atoms with Crippen molar-refractivity contribution in [3.8, 4) is 0 Å². The maximum Gasteiger partial charge on any atom is 0.310 e. The van der Waals surface area contributed by atoms with Gasteiger partial charge in [-0.2, -0.15) is 0 Å². The highest BCUT2D eigenvalue weighted by atomic mass is 35.5. The molecule has 3 unspecified atom stereocenters. The molecule has 0 aliphatic carbocycles. The third kappa shape index (κ3) is 3.98. The molecule has 1 spiro atoms. The van der Waals surface area contributed by atoms with Gasteiger partial charge in [0.2, 0.25) is 5.91 Å². The fourth-order valence-corrected chi connectivity index (χ4v) is 8.79. The fraction of sp³-hybridized carbons (Fsp3) is 0.577. The van der Waals surface area contributed by atoms with E-state index < -0.39 is 28.7 Å². The number of esters is 1. The summed E-state index contributed by atoms with van der Waals surface area (Å²) in [5, 5.41) is 10.7. The number of thioether (sulfide) groups is 1. The molecule has 3 heterocycles. The number of halogens is 1. The van der Waals surface area contributed by atoms with Crippen LogP contribution in [0.15, 0.2) is 36.9 Å². The second-order valence-corrected chi connectivity index (χ2v) is 11.5. The first kappa shape index (κ1) is 26.0. The third-order valence-corrected chi connectivity index (χ3v) is 10.1. The van der Waals surface area contributed by atoms with Crippen molar-refractivity contribution in [2.24, 2.45) is 17.8 Å². The van der Waals surface area contributed by atoms with E-state index in [0.29, 0.717) is 17.1 Å². The first-order valence-corrected chi connectivity index (χ1v) is 13.5. The summed E-state index contributed by atoms with van der Waals surface area (Å²) in [6.07, 6.45) is 2.87. The zero-order chi connectivity index (χ0) is 25.5. The number of hydrogen-bond acceptors (Lipinski definition) is 6. The normalized spacial score (nSPS) is 31.9. The second-order valence-electron chi connectivity index (χ2n) is 9.51. The predicted octanol–water partition coefficient (Wildman–Crippen LogP) is 3.53. The van der Waals surface area contributed by atoms with Crippen LogP contribution in [0.4, 0.5) is 5.69 Å². The van der Waals surface area contributed by atoms with Crippen LogP contribution >= 0.6 is 23.4 Å². The number of carbonyl (C=O) groups excluding carboxylic acids is 3. The topological polar surface area (TPSA) is 87.2 Å². The molecule has 35 heavy (non-hydrogen) atoms. The molecule has 1 aromatic rings. The highest BCUT2D eigenvalue weighted by Crippen LogP contribution is 2.69. The zero-order valence-corrected chi connectivity index (χ0v) is 21.9. The minimum absolute atomic E-state index is 0.0306. The van der Waals surface area contributed by atoms with E-state index in [1.54, 1.807) is 58.8 Å². The molecule has 2 bridgehead atoms. The van der Waals surface area contributed by atoms with E-state index in [1.165, 1.54) is 0 Å². The van der Waals surface area contributed by atoms with Crippen LogP contribution in [0, 0.1) is 17.8 Å². The average Bonchev–Trinajstić information content (AvgIpc) is 3.43. The molecule has 190 valence electrons. The summed E-state index contributed by atoms with van der Waals surface area (Å²) in [6.45, 7) is 9.77. The van der Waals surface area contributed by atoms with Crippen molar-refractivity contribution >= 4 is 46.8 Å². The fourth-order valence-electron chi connectivity index (χ4n) is 6.27. The van der Waals surface area contributed by atoms with Crippen LogP contribution in [-0.2, 0) is 19.1 Å². The van der Waals surface area contributed by atoms with E-state index in [0.717, 1.165) is 6.42 Å². The number of rotatable bonds is 9. The van der Waals surface area contributed by atoms with Gasteiger partial charge >= 0.3 is 5.97 Å². The summed E-state index contributed by atoms with van der Waals surface area (Å²) >= 11 is 7.68. The summed E-state index contributed by atoms with van der Waals surface area (Å²) in [5.41, 5.74) is 0.649. The van der Waals surface area contributed by atoms with Crippen LogP contribution in [-0.4, -0.2) is 69.6 Å². The molecule has 9 heteroatoms. The SMILES string of the molecule is C=CCN(C(=O)C1N([C@@H](CC)CO)C(=O)[C@@H]2[C@@H](C(=O)OCC)[C@H]3CC(C)C12S3)c1ccc(Cl)cc1. The van der Waals surface area contributed by atoms with Gasteiger partial charge in [0.05, 0.1) is 35.8 Å². The molecule has 4 rings (SSSR count). The first-order chi connectivity index (χ1) is 16.8. The Kier molecular flexibility index (Phi) is 7.55. The lowest BCUT2D eigenvalue weighted by molar-refractivity contribution is -0.154. The monoisotopic (exact) mass is 520 g/mol. The summed E-state index contributed by atoms with van der Waals surface area (Å²) in [5.74, 6) is -2.07. The molecule has 0 radical (unpaired) electrons. The third-order valence-electron chi connectivity index (χ3n) is 7.77. The van der Waals surface area contributed by atoms with E-state index in [-0.39, 0.29) is 48.7 Å². The van der Waals surface area contributed by atoms with E-state index in [1.807, 2.05) is 6.92 Å². The number of amides is 2. The van der Waals surface area contributed by atoms with Crippen molar-refractivity contribution in [2.45, 2.75) is 55.7 Å². The Balaban J connectivity index is 1.84. The lowest BCUT2D eigenvalue weighted by atomic mass is 9.66. The quantitative estimate of drug-likeness (QED) is 0.396. The van der Waals surface area contributed by atoms with Gasteiger partial charge in [0.15, 0.2) is 0 Å². The van der Waals surface area contributed by atoms with Crippen molar-refractivity contribution in [3.05, 3.63) is 41.9 Å². The standard InChI is InChI=1S/C26H33ClN2O5S/c1-5-12-28(18-10-8-16(27)9-11-18)24(32)22-26-15(4)13-19(35-26)20(25(33)34-7-3)21(26)23(31)29(22)17(6-2)14-30/h5,8-11,15,17,19-22,30H,1,6-7,12-14H2,2-4H3/t15?,17-,19+,20-,21-,22?,26?/m0/s1. The average molecular weight is 521 g/mol. The molecule has 0 saturated carbocycles. The molecule has 3 aliphatic rings. The molecule has 3 aliphatic heterocycles. The van der Waals surface area contributed by atoms with Gasteiger partial charge in [-0.3, -0.25) is 14.4 Å². The Hall–Kier alpha value is -2.03. The van der Waals surface area contributed by atoms with E-state index in [9.17, 15) is 19.5 Å². The number of nitrogens with zero attached hydrogens (tertiary/aromatic N) is 2. The summed E-state index contributed by atoms with van der Waals surface area (Å²) in [6, 6.07) is 5.63. The van der Waals surface area contributed by atoms with E-state index >= 15 is 0 Å². The molecular weight excluding hydrogens is 488 g/mol. The Labute approximate surface area is 215 Å². The van der Waals surface area contributed by atoms with Crippen LogP contribution in [0.5, 0.6) is 0 Å². The lowest BCUT2D eigenvalue weighted by Crippen LogP contribution is -2.59. The lowest BCUT2D eigenvalue weighted by Gasteiger charge is -2.41. The van der Waals surface area contributed by atoms with Crippen molar-refractivity contribution in [1.82, 2.24) is 4.90 Å². The van der Waals surface area contributed by atoms with Gasteiger partial charge < -0.3 is 19.6 Å². The van der Waals surface area contributed by atoms with E-state index in [2.05, 4.69) is 13.5 Å². The maximum atomic E-state index is 14.4. The Morgan fingerprint density at radius 1 is 1.37 bits per heavy atom. The van der Waals surface area contributed by atoms with Crippen LogP contribution in [0.2, 0.25) is 5.02 Å². The van der Waals surface area contributed by atoms with Crippen molar-refractivity contribution in [1.29, 1.82) is 0 Å². The van der Waals surface area contributed by atoms with Crippen LogP contribution in [0.25, 0.3) is 0 Å². The van der Waals surface area contributed by atoms with Gasteiger partial charge in [-0.15, -0.1) is 18.3 Å². The van der Waals surface area contributed by atoms with Gasteiger partial charge in [0.25, 0.3) is 5.91 Å². The Morgan fingerprint density at radius 2 is 2.06 bits per heavy atom. The second kappa shape index (κ2) is 10.1. The molecule has 7 nitrogen and oxygen atoms in total. The van der Waals surface area contributed by atoms with Gasteiger partial charge in [0.1, 0.15) is 6.04 Å². The number of likely N-dealkylation sites (tertiary alicyclic amines) is 1. The number of anilines is 1. The molecule has 3 fully saturated rings. The van der Waals surface area contributed by atoms with Crippen LogP contribution < -0.4 is 4.90 Å². The van der Waals surface area contributed by atoms with E-state index in [4.69, 9.17) is 16.3 Å². The number of benzene rings is 1. The molecule has 1 N–H and O–H groups in total. The zero-order valence-electron chi connectivity index (χ0n) is 20.4. The number of carbonyl (C=O) groups is 3. The van der Waals surface area contributed by atoms with Crippen LogP contribution in [0.3, 0.4) is 0 Å². The molecule has 7 atom stereocenters. The minimum Gasteiger partial charge on any atom is -0.466 e. The van der Waals surface area contributed by atoms with Crippen LogP contribution in [0.1, 0.15) is 33.6 Å². The number of aliphatic hydroxyl groups is 1. The maximum absolute atomic E-state index is 14.4. The molecule has 1 aromatic carbocycles. The molecular formula is C26H33ClN2O5S. The van der Waals surface area contributed by atoms with Gasteiger partial charge in [-0.1, -0.05) is 31.5 Å². The van der Waals surface area contributed by atoms with Gasteiger partial charge in [-0.25, -0.2) is 0 Å². The van der Waals surface area contributed by atoms with Gasteiger partial charge in [0, 0.05) is 22.5 Å². The number of hydrogen-bond donors (Lipinski definition) is 1. The number of aliphatic hydroxyl groups excluding tert-OH is 1. The number of fused-ring (bicyclic) bond motifs is 1. The molecule has 0 aromatic heterocycles. The minimum atomic E-state index is -0.822. The first-order valence-electron chi connectivity index (χ1n) is 12.2. The Morgan fingerprint density at radius 3 is 2.63 bits per heavy atom. The smallest absolute Gasteiger partial charge is 0.310 e.